The maximum absolute atomic E-state index is 12.1. The fourth-order valence-corrected chi connectivity index (χ4v) is 2.35. The van der Waals surface area contributed by atoms with Gasteiger partial charge < -0.3 is 5.32 Å². The number of aryl methyl sites for hydroxylation is 1. The van der Waals surface area contributed by atoms with Gasteiger partial charge in [0.15, 0.2) is 5.11 Å². The van der Waals surface area contributed by atoms with Crippen LogP contribution in [0, 0.1) is 0 Å². The molecule has 2 aromatic rings. The molecule has 0 bridgehead atoms. The van der Waals surface area contributed by atoms with Crippen LogP contribution < -0.4 is 10.6 Å². The second-order valence-electron chi connectivity index (χ2n) is 4.59. The van der Waals surface area contributed by atoms with Gasteiger partial charge in [-0.1, -0.05) is 42.3 Å². The van der Waals surface area contributed by atoms with Crippen LogP contribution in [0.15, 0.2) is 42.5 Å². The lowest BCUT2D eigenvalue weighted by molar-refractivity contribution is 0.0978. The third-order valence-electron chi connectivity index (χ3n) is 3.00. The van der Waals surface area contributed by atoms with Crippen molar-refractivity contribution in [3.63, 3.8) is 0 Å². The van der Waals surface area contributed by atoms with E-state index >= 15 is 0 Å². The molecule has 6 heteroatoms. The van der Waals surface area contributed by atoms with Crippen LogP contribution >= 0.6 is 35.4 Å². The lowest BCUT2D eigenvalue weighted by Crippen LogP contribution is -2.34. The molecule has 0 aliphatic heterocycles. The molecule has 2 aromatic carbocycles. The molecule has 2 N–H and O–H groups in total. The summed E-state index contributed by atoms with van der Waals surface area (Å²) >= 11 is 16.9. The van der Waals surface area contributed by atoms with Crippen molar-refractivity contribution in [1.29, 1.82) is 0 Å². The van der Waals surface area contributed by atoms with Crippen molar-refractivity contribution in [3.05, 3.63) is 63.6 Å². The van der Waals surface area contributed by atoms with E-state index in [1.165, 1.54) is 11.6 Å². The summed E-state index contributed by atoms with van der Waals surface area (Å²) in [6.07, 6.45) is 0.928. The summed E-state index contributed by atoms with van der Waals surface area (Å²) in [5.41, 5.74) is 2.41. The Bertz CT molecular complexity index is 719. The predicted molar refractivity (Wildman–Crippen MR) is 96.0 cm³/mol. The number of anilines is 1. The molecule has 114 valence electrons. The smallest absolute Gasteiger partial charge is 0.257 e. The molecular weight excluding hydrogens is 339 g/mol. The van der Waals surface area contributed by atoms with Crippen molar-refractivity contribution in [2.45, 2.75) is 13.3 Å². The molecule has 0 aliphatic rings. The Labute approximate surface area is 144 Å². The lowest BCUT2D eigenvalue weighted by atomic mass is 10.1. The molecule has 22 heavy (non-hydrogen) atoms. The summed E-state index contributed by atoms with van der Waals surface area (Å²) in [5, 5.41) is 6.54. The number of hydrogen-bond donors (Lipinski definition) is 2. The Morgan fingerprint density at radius 1 is 1.14 bits per heavy atom. The lowest BCUT2D eigenvalue weighted by Gasteiger charge is -2.10. The van der Waals surface area contributed by atoms with E-state index in [-0.39, 0.29) is 11.0 Å². The van der Waals surface area contributed by atoms with Crippen LogP contribution in [0.5, 0.6) is 0 Å². The Morgan fingerprint density at radius 2 is 1.91 bits per heavy atom. The van der Waals surface area contributed by atoms with Gasteiger partial charge in [-0.15, -0.1) is 0 Å². The van der Waals surface area contributed by atoms with Gasteiger partial charge >= 0.3 is 0 Å². The topological polar surface area (TPSA) is 41.1 Å². The van der Waals surface area contributed by atoms with E-state index < -0.39 is 0 Å². The van der Waals surface area contributed by atoms with E-state index in [1.54, 1.807) is 12.1 Å². The maximum atomic E-state index is 12.1. The normalized spacial score (nSPS) is 10.1. The number of nitrogens with one attached hydrogen (secondary N) is 2. The highest BCUT2D eigenvalue weighted by Gasteiger charge is 2.10. The van der Waals surface area contributed by atoms with E-state index in [9.17, 15) is 4.79 Å². The Hall–Kier alpha value is -1.62. The van der Waals surface area contributed by atoms with Gasteiger partial charge in [-0.25, -0.2) is 0 Å². The molecule has 0 fully saturated rings. The van der Waals surface area contributed by atoms with Crippen molar-refractivity contribution >= 4 is 52.1 Å². The van der Waals surface area contributed by atoms with Crippen LogP contribution in [0.25, 0.3) is 0 Å². The van der Waals surface area contributed by atoms with Crippen LogP contribution in [-0.2, 0) is 6.42 Å². The van der Waals surface area contributed by atoms with E-state index in [1.807, 2.05) is 24.3 Å². The van der Waals surface area contributed by atoms with Crippen LogP contribution in [0.4, 0.5) is 5.69 Å². The van der Waals surface area contributed by atoms with Crippen LogP contribution in [0.2, 0.25) is 10.0 Å². The molecule has 0 spiro atoms. The zero-order valence-corrected chi connectivity index (χ0v) is 14.1. The minimum absolute atomic E-state index is 0.226. The van der Waals surface area contributed by atoms with E-state index in [2.05, 4.69) is 17.6 Å². The summed E-state index contributed by atoms with van der Waals surface area (Å²) in [6, 6.07) is 12.5. The molecular formula is C16H14Cl2N2OS. The first-order valence-corrected chi connectivity index (χ1v) is 7.82. The van der Waals surface area contributed by atoms with Gasteiger partial charge in [-0.05, 0) is 54.5 Å². The molecule has 0 aromatic heterocycles. The SMILES string of the molecule is CCc1cccc(NC(=S)NC(=O)c2ccc(Cl)c(Cl)c2)c1. The fourth-order valence-electron chi connectivity index (χ4n) is 1.84. The predicted octanol–water partition coefficient (Wildman–Crippen LogP) is 4.68. The number of benzene rings is 2. The molecule has 0 heterocycles. The molecule has 0 radical (unpaired) electrons. The van der Waals surface area contributed by atoms with E-state index in [4.69, 9.17) is 35.4 Å². The molecule has 0 aliphatic carbocycles. The molecule has 0 saturated heterocycles. The monoisotopic (exact) mass is 352 g/mol. The third kappa shape index (κ3) is 4.44. The van der Waals surface area contributed by atoms with Gasteiger partial charge in [0.2, 0.25) is 0 Å². The highest BCUT2D eigenvalue weighted by atomic mass is 35.5. The average molecular weight is 353 g/mol. The Balaban J connectivity index is 2.01. The molecule has 2 rings (SSSR count). The Kier molecular flexibility index (Phi) is 5.77. The van der Waals surface area contributed by atoms with Crippen molar-refractivity contribution in [1.82, 2.24) is 5.32 Å². The standard InChI is InChI=1S/C16H14Cl2N2OS/c1-2-10-4-3-5-12(8-10)19-16(22)20-15(21)11-6-7-13(17)14(18)9-11/h3-9H,2H2,1H3,(H2,19,20,21,22). The summed E-state index contributed by atoms with van der Waals surface area (Å²) in [5.74, 6) is -0.345. The third-order valence-corrected chi connectivity index (χ3v) is 3.95. The summed E-state index contributed by atoms with van der Waals surface area (Å²) in [7, 11) is 0. The number of carbonyl (C=O) groups is 1. The van der Waals surface area contributed by atoms with Gasteiger partial charge in [0.05, 0.1) is 10.0 Å². The summed E-state index contributed by atoms with van der Waals surface area (Å²) in [6.45, 7) is 2.07. The van der Waals surface area contributed by atoms with Crippen molar-refractivity contribution in [2.75, 3.05) is 5.32 Å². The van der Waals surface area contributed by atoms with E-state index in [0.29, 0.717) is 15.6 Å². The summed E-state index contributed by atoms with van der Waals surface area (Å²) in [4.78, 5) is 12.1. The number of amides is 1. The number of carbonyl (C=O) groups excluding carboxylic acids is 1. The largest absolute Gasteiger partial charge is 0.332 e. The molecule has 0 atom stereocenters. The molecule has 3 nitrogen and oxygen atoms in total. The van der Waals surface area contributed by atoms with Crippen LogP contribution in [0.3, 0.4) is 0 Å². The van der Waals surface area contributed by atoms with Gasteiger partial charge in [-0.3, -0.25) is 10.1 Å². The number of rotatable bonds is 3. The molecule has 0 saturated carbocycles. The quantitative estimate of drug-likeness (QED) is 0.787. The van der Waals surface area contributed by atoms with Gasteiger partial charge in [0, 0.05) is 11.3 Å². The van der Waals surface area contributed by atoms with Gasteiger partial charge in [-0.2, -0.15) is 0 Å². The first-order chi connectivity index (χ1) is 10.5. The fraction of sp³-hybridized carbons (Fsp3) is 0.125. The highest BCUT2D eigenvalue weighted by molar-refractivity contribution is 7.80. The minimum Gasteiger partial charge on any atom is -0.332 e. The second-order valence-corrected chi connectivity index (χ2v) is 5.81. The summed E-state index contributed by atoms with van der Waals surface area (Å²) < 4.78 is 0. The average Bonchev–Trinajstić information content (AvgIpc) is 2.50. The zero-order chi connectivity index (χ0) is 16.1. The first kappa shape index (κ1) is 16.7. The van der Waals surface area contributed by atoms with E-state index in [0.717, 1.165) is 12.1 Å². The maximum Gasteiger partial charge on any atom is 0.257 e. The zero-order valence-electron chi connectivity index (χ0n) is 11.8. The van der Waals surface area contributed by atoms with Crippen LogP contribution in [0.1, 0.15) is 22.8 Å². The number of hydrogen-bond acceptors (Lipinski definition) is 2. The van der Waals surface area contributed by atoms with Crippen LogP contribution in [-0.4, -0.2) is 11.0 Å². The molecule has 0 unspecified atom stereocenters. The first-order valence-electron chi connectivity index (χ1n) is 6.66. The second kappa shape index (κ2) is 7.58. The number of halogens is 2. The Morgan fingerprint density at radius 3 is 2.59 bits per heavy atom. The minimum atomic E-state index is -0.345. The highest BCUT2D eigenvalue weighted by Crippen LogP contribution is 2.22. The molecule has 1 amide bonds. The van der Waals surface area contributed by atoms with Crippen molar-refractivity contribution < 1.29 is 4.79 Å². The van der Waals surface area contributed by atoms with Gasteiger partial charge in [0.25, 0.3) is 5.91 Å². The number of thiocarbonyl (C=S) groups is 1. The van der Waals surface area contributed by atoms with Crippen molar-refractivity contribution in [3.8, 4) is 0 Å². The van der Waals surface area contributed by atoms with Gasteiger partial charge in [0.1, 0.15) is 0 Å². The van der Waals surface area contributed by atoms with Crippen molar-refractivity contribution in [2.24, 2.45) is 0 Å².